The average molecular weight is 398 g/mol. The van der Waals surface area contributed by atoms with Crippen molar-refractivity contribution >= 4 is 22.8 Å². The minimum absolute atomic E-state index is 0.187. The maximum atomic E-state index is 12.9. The SMILES string of the molecule is C=CCn1c(=O)c2cnc(SC)nc2n1-c1ccc2c(n1)C(O)(CC)CCC2. The zero-order chi connectivity index (χ0) is 19.9. The highest BCUT2D eigenvalue weighted by molar-refractivity contribution is 7.98. The lowest BCUT2D eigenvalue weighted by Gasteiger charge is -2.32. The van der Waals surface area contributed by atoms with Crippen LogP contribution in [0.4, 0.5) is 0 Å². The first kappa shape index (κ1) is 18.9. The summed E-state index contributed by atoms with van der Waals surface area (Å²) in [5.41, 5.74) is 1.16. The Morgan fingerprint density at radius 3 is 2.93 bits per heavy atom. The van der Waals surface area contributed by atoms with E-state index < -0.39 is 5.60 Å². The monoisotopic (exact) mass is 397 g/mol. The van der Waals surface area contributed by atoms with Crippen molar-refractivity contribution in [2.75, 3.05) is 6.26 Å². The summed E-state index contributed by atoms with van der Waals surface area (Å²) in [7, 11) is 0. The zero-order valence-electron chi connectivity index (χ0n) is 16.1. The third-order valence-electron chi connectivity index (χ3n) is 5.38. The molecule has 0 aliphatic heterocycles. The summed E-state index contributed by atoms with van der Waals surface area (Å²) in [6.07, 6.45) is 8.25. The summed E-state index contributed by atoms with van der Waals surface area (Å²) in [5.74, 6) is 0.562. The van der Waals surface area contributed by atoms with Gasteiger partial charge in [0.1, 0.15) is 11.0 Å². The van der Waals surface area contributed by atoms with Gasteiger partial charge in [0.05, 0.1) is 12.2 Å². The second-order valence-corrected chi connectivity index (χ2v) is 7.77. The molecular formula is C20H23N5O2S. The van der Waals surface area contributed by atoms with Crippen molar-refractivity contribution in [3.05, 3.63) is 52.6 Å². The summed E-state index contributed by atoms with van der Waals surface area (Å²) >= 11 is 1.41. The number of aliphatic hydroxyl groups is 1. The maximum Gasteiger partial charge on any atom is 0.278 e. The van der Waals surface area contributed by atoms with Crippen molar-refractivity contribution in [1.29, 1.82) is 0 Å². The minimum atomic E-state index is -0.935. The largest absolute Gasteiger partial charge is 0.384 e. The van der Waals surface area contributed by atoms with Crippen LogP contribution >= 0.6 is 11.8 Å². The van der Waals surface area contributed by atoms with Crippen LogP contribution in [-0.2, 0) is 18.6 Å². The first-order valence-electron chi connectivity index (χ1n) is 9.39. The topological polar surface area (TPSA) is 85.8 Å². The lowest BCUT2D eigenvalue weighted by Crippen LogP contribution is -2.32. The lowest BCUT2D eigenvalue weighted by atomic mass is 9.81. The number of pyridine rings is 1. The molecule has 146 valence electrons. The predicted octanol–water partition coefficient (Wildman–Crippen LogP) is 2.82. The number of hydrogen-bond acceptors (Lipinski definition) is 6. The highest BCUT2D eigenvalue weighted by Gasteiger charge is 2.34. The second-order valence-electron chi connectivity index (χ2n) is 7.00. The molecule has 0 aromatic carbocycles. The van der Waals surface area contributed by atoms with Crippen LogP contribution in [0.1, 0.15) is 37.4 Å². The van der Waals surface area contributed by atoms with Gasteiger partial charge in [-0.15, -0.1) is 6.58 Å². The highest BCUT2D eigenvalue weighted by Crippen LogP contribution is 2.37. The molecule has 3 aromatic heterocycles. The molecule has 0 fully saturated rings. The standard InChI is InChI=1S/C20H23N5O2S/c1-4-11-24-18(26)14-12-21-19(28-3)23-17(14)25(24)15-9-8-13-7-6-10-20(27,5-2)16(13)22-15/h4,8-9,12,27H,1,5-7,10-11H2,2-3H3. The molecule has 1 aliphatic rings. The Bertz CT molecular complexity index is 1120. The summed E-state index contributed by atoms with van der Waals surface area (Å²) in [5, 5.41) is 12.1. The maximum absolute atomic E-state index is 12.9. The van der Waals surface area contributed by atoms with Gasteiger partial charge < -0.3 is 5.11 Å². The third kappa shape index (κ3) is 2.87. The van der Waals surface area contributed by atoms with Crippen LogP contribution in [0.2, 0.25) is 0 Å². The third-order valence-corrected chi connectivity index (χ3v) is 5.94. The van der Waals surface area contributed by atoms with Gasteiger partial charge in [-0.05, 0) is 43.6 Å². The summed E-state index contributed by atoms with van der Waals surface area (Å²) in [6, 6.07) is 3.89. The van der Waals surface area contributed by atoms with Crippen molar-refractivity contribution in [3.8, 4) is 5.82 Å². The van der Waals surface area contributed by atoms with E-state index in [4.69, 9.17) is 4.98 Å². The molecule has 1 unspecified atom stereocenters. The number of hydrogen-bond donors (Lipinski definition) is 1. The molecule has 3 aromatic rings. The van der Waals surface area contributed by atoms with E-state index in [1.54, 1.807) is 21.6 Å². The Hall–Kier alpha value is -2.45. The minimum Gasteiger partial charge on any atom is -0.384 e. The number of allylic oxidation sites excluding steroid dienone is 1. The molecule has 0 radical (unpaired) electrons. The molecule has 3 heterocycles. The van der Waals surface area contributed by atoms with E-state index >= 15 is 0 Å². The van der Waals surface area contributed by atoms with Crippen LogP contribution in [0, 0.1) is 0 Å². The molecule has 4 rings (SSSR count). The van der Waals surface area contributed by atoms with Crippen LogP contribution in [-0.4, -0.2) is 35.7 Å². The predicted molar refractivity (Wildman–Crippen MR) is 110 cm³/mol. The number of thioether (sulfide) groups is 1. The van der Waals surface area contributed by atoms with Crippen molar-refractivity contribution in [3.63, 3.8) is 0 Å². The molecule has 28 heavy (non-hydrogen) atoms. The molecule has 0 spiro atoms. The Labute approximate surface area is 167 Å². The molecule has 1 aliphatic carbocycles. The fourth-order valence-electron chi connectivity index (χ4n) is 3.87. The van der Waals surface area contributed by atoms with Crippen molar-refractivity contribution < 1.29 is 5.11 Å². The molecule has 0 saturated carbocycles. The van der Waals surface area contributed by atoms with Gasteiger partial charge in [-0.2, -0.15) is 0 Å². The van der Waals surface area contributed by atoms with E-state index in [0.717, 1.165) is 18.4 Å². The van der Waals surface area contributed by atoms with E-state index in [-0.39, 0.29) is 5.56 Å². The van der Waals surface area contributed by atoms with Crippen LogP contribution in [0.25, 0.3) is 16.9 Å². The fourth-order valence-corrected chi connectivity index (χ4v) is 4.20. The molecule has 1 N–H and O–H groups in total. The van der Waals surface area contributed by atoms with Crippen molar-refractivity contribution in [1.82, 2.24) is 24.3 Å². The van der Waals surface area contributed by atoms with E-state index in [1.807, 2.05) is 25.3 Å². The Morgan fingerprint density at radius 1 is 1.39 bits per heavy atom. The van der Waals surface area contributed by atoms with E-state index in [2.05, 4.69) is 16.5 Å². The van der Waals surface area contributed by atoms with E-state index in [1.165, 1.54) is 11.8 Å². The van der Waals surface area contributed by atoms with Gasteiger partial charge in [0, 0.05) is 6.20 Å². The quantitative estimate of drug-likeness (QED) is 0.405. The van der Waals surface area contributed by atoms with Crippen LogP contribution in [0.5, 0.6) is 0 Å². The fraction of sp³-hybridized carbons (Fsp3) is 0.400. The number of aryl methyl sites for hydroxylation is 1. The smallest absolute Gasteiger partial charge is 0.278 e. The van der Waals surface area contributed by atoms with Crippen LogP contribution < -0.4 is 5.56 Å². The van der Waals surface area contributed by atoms with Crippen LogP contribution in [0.15, 0.2) is 40.9 Å². The Balaban J connectivity index is 2.01. The normalized spacial score (nSPS) is 19.0. The molecule has 7 nitrogen and oxygen atoms in total. The number of rotatable bonds is 5. The van der Waals surface area contributed by atoms with Gasteiger partial charge in [-0.25, -0.2) is 24.3 Å². The van der Waals surface area contributed by atoms with Gasteiger partial charge in [-0.3, -0.25) is 4.79 Å². The van der Waals surface area contributed by atoms with Gasteiger partial charge in [0.15, 0.2) is 16.6 Å². The van der Waals surface area contributed by atoms with Gasteiger partial charge >= 0.3 is 0 Å². The van der Waals surface area contributed by atoms with Crippen LogP contribution in [0.3, 0.4) is 0 Å². The van der Waals surface area contributed by atoms with Crippen molar-refractivity contribution in [2.24, 2.45) is 0 Å². The first-order chi connectivity index (χ1) is 13.5. The zero-order valence-corrected chi connectivity index (χ0v) is 16.9. The summed E-state index contributed by atoms with van der Waals surface area (Å²) < 4.78 is 3.27. The summed E-state index contributed by atoms with van der Waals surface area (Å²) in [4.78, 5) is 26.5. The summed E-state index contributed by atoms with van der Waals surface area (Å²) in [6.45, 7) is 6.06. The number of nitrogens with zero attached hydrogens (tertiary/aromatic N) is 5. The molecular weight excluding hydrogens is 374 g/mol. The molecule has 0 bridgehead atoms. The molecule has 1 atom stereocenters. The highest BCUT2D eigenvalue weighted by atomic mass is 32.2. The van der Waals surface area contributed by atoms with E-state index in [0.29, 0.717) is 47.1 Å². The molecule has 0 saturated heterocycles. The van der Waals surface area contributed by atoms with Gasteiger partial charge in [-0.1, -0.05) is 30.8 Å². The molecule has 8 heteroatoms. The lowest BCUT2D eigenvalue weighted by molar-refractivity contribution is 0.0103. The Kier molecular flexibility index (Phi) is 4.84. The average Bonchev–Trinajstić information content (AvgIpc) is 2.99. The molecule has 0 amide bonds. The van der Waals surface area contributed by atoms with E-state index in [9.17, 15) is 9.90 Å². The number of aromatic nitrogens is 5. The second kappa shape index (κ2) is 7.18. The Morgan fingerprint density at radius 2 is 2.21 bits per heavy atom. The number of fused-ring (bicyclic) bond motifs is 2. The van der Waals surface area contributed by atoms with Gasteiger partial charge in [0.2, 0.25) is 0 Å². The van der Waals surface area contributed by atoms with Gasteiger partial charge in [0.25, 0.3) is 5.56 Å². The first-order valence-corrected chi connectivity index (χ1v) is 10.6. The van der Waals surface area contributed by atoms with Crippen molar-refractivity contribution in [2.45, 2.75) is 49.9 Å².